The summed E-state index contributed by atoms with van der Waals surface area (Å²) in [4.78, 5) is 17.7. The number of halogens is 2. The lowest BCUT2D eigenvalue weighted by Crippen LogP contribution is -2.40. The molecular formula is C88H145Cl2N11O6S2. The molecule has 6 saturated heterocycles. The summed E-state index contributed by atoms with van der Waals surface area (Å²) in [5.41, 5.74) is 23.4. The van der Waals surface area contributed by atoms with Crippen molar-refractivity contribution in [2.45, 2.75) is 122 Å². The van der Waals surface area contributed by atoms with Crippen molar-refractivity contribution in [2.75, 3.05) is 209 Å². The van der Waals surface area contributed by atoms with Crippen LogP contribution in [0.3, 0.4) is 0 Å². The number of nitrogens with two attached hydrogens (primary N) is 1. The maximum absolute atomic E-state index is 10.8. The molecule has 1 aromatic heterocycles. The number of aryl methyl sites for hydroxylation is 9. The van der Waals surface area contributed by atoms with Gasteiger partial charge in [0.1, 0.15) is 0 Å². The quantitative estimate of drug-likeness (QED) is 0.0750. The Bertz CT molecular complexity index is 3160. The number of ether oxygens (including phenoxy) is 2. The third-order valence-electron chi connectivity index (χ3n) is 18.7. The average Bonchev–Trinajstić information content (AvgIpc) is 0.897. The molecule has 6 aromatic rings. The Labute approximate surface area is 676 Å². The van der Waals surface area contributed by atoms with Gasteiger partial charge in [0, 0.05) is 151 Å². The fourth-order valence-electron chi connectivity index (χ4n) is 11.4. The van der Waals surface area contributed by atoms with E-state index >= 15 is 0 Å². The Morgan fingerprint density at radius 1 is 0.523 bits per heavy atom. The van der Waals surface area contributed by atoms with Crippen molar-refractivity contribution in [2.24, 2.45) is 11.7 Å². The maximum atomic E-state index is 10.8. The van der Waals surface area contributed by atoms with E-state index in [9.17, 15) is 8.42 Å². The Morgan fingerprint density at radius 3 is 1.37 bits per heavy atom. The molecule has 7 aliphatic heterocycles. The van der Waals surface area contributed by atoms with E-state index in [1.165, 1.54) is 138 Å². The number of benzene rings is 5. The van der Waals surface area contributed by atoms with Crippen molar-refractivity contribution in [1.29, 1.82) is 0 Å². The first-order chi connectivity index (χ1) is 52.1. The monoisotopic (exact) mass is 1590 g/mol. The lowest BCUT2D eigenvalue weighted by molar-refractivity contribution is 0.0342. The fourth-order valence-corrected chi connectivity index (χ4v) is 14.5. The van der Waals surface area contributed by atoms with Crippen molar-refractivity contribution >= 4 is 44.8 Å². The highest BCUT2D eigenvalue weighted by atomic mass is 35.5. The van der Waals surface area contributed by atoms with Crippen LogP contribution in [0, 0.1) is 75.2 Å². The minimum absolute atomic E-state index is 0.131. The van der Waals surface area contributed by atoms with Crippen LogP contribution >= 0.6 is 35.0 Å². The molecule has 13 rings (SSSR count). The summed E-state index contributed by atoms with van der Waals surface area (Å²) >= 11 is 13.4. The second-order valence-electron chi connectivity index (χ2n) is 29.4. The number of aliphatic hydroxyl groups excluding tert-OH is 2. The SMILES string of the molecule is CC1=CCNCC1.CC1CCNCC1.CN1CCNCC1.CN1CCOCC1.CN1CCS(=O)(=O)CC1.CN1CCSCC1.Cc1cc(C)nc(C)c1.Cc1cc(Cl)cc(Cl)c1.Cc1ccc(CN)cc1.Cc1cccc(C)c1C.Cc1cccc(CN(CCO)CCO)c1.Cc1cccc(CN2CCOCC2)c1. The number of sulfone groups is 1. The predicted octanol–water partition coefficient (Wildman–Crippen LogP) is 13.4. The van der Waals surface area contributed by atoms with Crippen molar-refractivity contribution in [3.8, 4) is 0 Å². The zero-order chi connectivity index (χ0) is 80.6. The molecule has 0 amide bonds. The number of hydrogen-bond donors (Lipinski definition) is 6. The predicted molar refractivity (Wildman–Crippen MR) is 469 cm³/mol. The molecule has 0 saturated carbocycles. The molecule has 17 nitrogen and oxygen atoms in total. The first-order valence-electron chi connectivity index (χ1n) is 39.4. The van der Waals surface area contributed by atoms with Gasteiger partial charge in [0.25, 0.3) is 0 Å². The molecule has 0 unspecified atom stereocenters. The maximum Gasteiger partial charge on any atom is 0.152 e. The van der Waals surface area contributed by atoms with Crippen LogP contribution in [-0.4, -0.2) is 262 Å². The number of rotatable bonds is 9. The minimum atomic E-state index is -2.66. The molecule has 6 fully saturated rings. The highest BCUT2D eigenvalue weighted by Crippen LogP contribution is 2.18. The molecule has 0 radical (unpaired) electrons. The largest absolute Gasteiger partial charge is 0.395 e. The second-order valence-corrected chi connectivity index (χ2v) is 33.8. The van der Waals surface area contributed by atoms with Gasteiger partial charge < -0.3 is 61.0 Å². The molecule has 109 heavy (non-hydrogen) atoms. The van der Waals surface area contributed by atoms with E-state index in [-0.39, 0.29) is 13.2 Å². The third kappa shape index (κ3) is 54.6. The second kappa shape index (κ2) is 61.8. The number of pyridine rings is 1. The number of piperidine rings is 1. The molecule has 0 aliphatic carbocycles. The van der Waals surface area contributed by atoms with E-state index in [0.717, 1.165) is 108 Å². The summed E-state index contributed by atoms with van der Waals surface area (Å²) < 4.78 is 32.0. The van der Waals surface area contributed by atoms with Crippen LogP contribution in [0.15, 0.2) is 133 Å². The standard InChI is InChI=1S/C12H19NO2.C12H17NO.C9H12.2C8H11N.C7H6Cl2.C6H13N.C6H11N.C5H12N2.C5H11NO2S.C5H11NO.C5H11NS/c1-11-3-2-4-12(9-11)10-13(5-7-14)6-8-15;1-11-3-2-4-12(9-11)10-13-5-7-14-8-6-13;1-7-5-4-6-8(2)9(7)3;1-6-4-7(2)9-8(3)5-6;1-7-2-4-8(6-9)5-3-7;1-5-2-6(8)4-7(9)3-5;2*1-6-2-4-7-5-3-6;1-7-4-2-6-3-5-7;1-6-2-4-9(7,8)5-3-6;2*1-6-2-4-7-5-3-6/h2-4,9,14-15H,5-8,10H2,1H3;2-4,9H,5-8,10H2,1H3;4-6H,1-3H3;4-5H,1-3H3;2-5H,6,9H2,1H3;2-4H,1H3;6-7H,2-5H2,1H3;2,7H,3-5H2,1H3;6H,2-5H2,1H3;2-5H2,1H3;2*2-5H2,1H3. The van der Waals surface area contributed by atoms with Gasteiger partial charge in [-0.1, -0.05) is 149 Å². The number of likely N-dealkylation sites (N-methyl/N-ethyl adjacent to an activating group) is 2. The lowest BCUT2D eigenvalue weighted by Gasteiger charge is -2.26. The fraction of sp³-hybridized carbons (Fsp3) is 0.580. The molecule has 0 bridgehead atoms. The summed E-state index contributed by atoms with van der Waals surface area (Å²) in [6.45, 7) is 50.6. The summed E-state index contributed by atoms with van der Waals surface area (Å²) in [5.74, 6) is 4.31. The number of piperazine rings is 1. The summed E-state index contributed by atoms with van der Waals surface area (Å²) in [5, 5.41) is 29.0. The van der Waals surface area contributed by atoms with E-state index in [4.69, 9.17) is 48.6 Å². The van der Waals surface area contributed by atoms with Gasteiger partial charge in [0.2, 0.25) is 0 Å². The number of aliphatic hydroxyl groups is 2. The van der Waals surface area contributed by atoms with Crippen LogP contribution in [-0.2, 0) is 38.9 Å². The lowest BCUT2D eigenvalue weighted by atomic mass is 10.0. The van der Waals surface area contributed by atoms with Crippen molar-refractivity contribution in [1.82, 2.24) is 50.3 Å². The van der Waals surface area contributed by atoms with Crippen molar-refractivity contribution in [3.05, 3.63) is 216 Å². The van der Waals surface area contributed by atoms with Gasteiger partial charge in [0.15, 0.2) is 9.84 Å². The van der Waals surface area contributed by atoms with Crippen molar-refractivity contribution in [3.63, 3.8) is 0 Å². The molecule has 0 atom stereocenters. The third-order valence-corrected chi connectivity index (χ3v) is 21.7. The summed E-state index contributed by atoms with van der Waals surface area (Å²) in [7, 11) is 5.73. The van der Waals surface area contributed by atoms with E-state index in [0.29, 0.717) is 54.3 Å². The van der Waals surface area contributed by atoms with E-state index in [1.54, 1.807) is 6.07 Å². The van der Waals surface area contributed by atoms with Gasteiger partial charge in [-0.3, -0.25) is 14.8 Å². The van der Waals surface area contributed by atoms with E-state index in [2.05, 4.69) is 239 Å². The van der Waals surface area contributed by atoms with Gasteiger partial charge in [-0.2, -0.15) is 11.8 Å². The highest BCUT2D eigenvalue weighted by molar-refractivity contribution is 7.99. The van der Waals surface area contributed by atoms with E-state index in [1.807, 2.05) is 55.8 Å². The Morgan fingerprint density at radius 2 is 0.991 bits per heavy atom. The minimum Gasteiger partial charge on any atom is -0.395 e. The molecule has 7 aliphatic rings. The van der Waals surface area contributed by atoms with Crippen LogP contribution in [0.1, 0.15) is 106 Å². The molecule has 614 valence electrons. The molecule has 8 heterocycles. The number of aromatic nitrogens is 1. The average molecular weight is 1590 g/mol. The number of hydrogen-bond acceptors (Lipinski definition) is 18. The molecule has 21 heteroatoms. The number of nitrogens with zero attached hydrogens (tertiary/aromatic N) is 7. The number of thioether (sulfide) groups is 1. The van der Waals surface area contributed by atoms with E-state index < -0.39 is 9.84 Å². The zero-order valence-electron chi connectivity index (χ0n) is 70.1. The normalized spacial score (nSPS) is 17.2. The molecule has 0 spiro atoms. The zero-order valence-corrected chi connectivity index (χ0v) is 73.2. The van der Waals surface area contributed by atoms with Crippen LogP contribution in [0.4, 0.5) is 0 Å². The van der Waals surface area contributed by atoms with Crippen LogP contribution in [0.5, 0.6) is 0 Å². The Kier molecular flexibility index (Phi) is 56.9. The molecular weight excluding hydrogens is 1440 g/mol. The number of morpholine rings is 2. The molecule has 5 aromatic carbocycles. The summed E-state index contributed by atoms with van der Waals surface area (Å²) in [6.07, 6.45) is 6.23. The van der Waals surface area contributed by atoms with Crippen LogP contribution in [0.2, 0.25) is 10.0 Å². The Balaban J connectivity index is 0.000000407. The first kappa shape index (κ1) is 100. The molecule has 7 N–H and O–H groups in total. The number of nitrogens with one attached hydrogen (secondary N) is 3. The smallest absolute Gasteiger partial charge is 0.152 e. The van der Waals surface area contributed by atoms with Gasteiger partial charge >= 0.3 is 0 Å². The van der Waals surface area contributed by atoms with Crippen LogP contribution in [0.25, 0.3) is 0 Å². The van der Waals surface area contributed by atoms with Gasteiger partial charge in [0.05, 0.1) is 51.1 Å². The first-order valence-corrected chi connectivity index (χ1v) is 43.2. The highest BCUT2D eigenvalue weighted by Gasteiger charge is 2.18. The Hall–Kier alpha value is -4.69. The van der Waals surface area contributed by atoms with Gasteiger partial charge in [-0.15, -0.1) is 0 Å². The van der Waals surface area contributed by atoms with Crippen LogP contribution < -0.4 is 21.7 Å². The summed E-state index contributed by atoms with van der Waals surface area (Å²) in [6, 6.07) is 41.2. The topological polar surface area (TPSA) is 188 Å². The van der Waals surface area contributed by atoms with Gasteiger partial charge in [-0.25, -0.2) is 8.42 Å². The van der Waals surface area contributed by atoms with Crippen molar-refractivity contribution < 1.29 is 28.1 Å². The van der Waals surface area contributed by atoms with Gasteiger partial charge in [-0.05, 0) is 224 Å².